The van der Waals surface area contributed by atoms with Gasteiger partial charge in [0.2, 0.25) is 0 Å². The smallest absolute Gasteiger partial charge is 0.306 e. The number of aliphatic hydroxyl groups excluding tert-OH is 3. The predicted octanol–water partition coefficient (Wildman–Crippen LogP) is 9.89. The molecule has 0 aromatic rings. The fourth-order valence-electron chi connectivity index (χ4n) is 6.59. The summed E-state index contributed by atoms with van der Waals surface area (Å²) in [5, 5.41) is 30.9. The first-order valence-corrected chi connectivity index (χ1v) is 25.1. The van der Waals surface area contributed by atoms with Gasteiger partial charge in [0.15, 0.2) is 12.4 Å². The Morgan fingerprint density at radius 3 is 1.55 bits per heavy atom. The lowest BCUT2D eigenvalue weighted by Crippen LogP contribution is -2.60. The number of hydrogen-bond donors (Lipinski definition) is 4. The van der Waals surface area contributed by atoms with E-state index in [4.69, 9.17) is 18.9 Å². The van der Waals surface area contributed by atoms with Crippen LogP contribution in [0, 0.1) is 0 Å². The Morgan fingerprint density at radius 2 is 1.02 bits per heavy atom. The third-order valence-electron chi connectivity index (χ3n) is 10.2. The molecule has 1 heterocycles. The summed E-state index contributed by atoms with van der Waals surface area (Å²) in [6.07, 6.45) is 39.5. The molecule has 0 bridgehead atoms. The second-order valence-corrected chi connectivity index (χ2v) is 17.6. The van der Waals surface area contributed by atoms with Crippen molar-refractivity contribution in [1.29, 1.82) is 0 Å². The van der Waals surface area contributed by atoms with Gasteiger partial charge in [-0.1, -0.05) is 151 Å². The van der Waals surface area contributed by atoms with E-state index in [0.29, 0.717) is 19.3 Å². The molecule has 1 aliphatic heterocycles. The number of esters is 2. The normalized spacial score (nSPS) is 20.5. The van der Waals surface area contributed by atoms with Crippen LogP contribution in [0.1, 0.15) is 168 Å². The highest BCUT2D eigenvalue weighted by molar-refractivity contribution is 7.85. The lowest BCUT2D eigenvalue weighted by molar-refractivity contribution is -0.297. The van der Waals surface area contributed by atoms with Crippen LogP contribution >= 0.6 is 0 Å². The maximum absolute atomic E-state index is 12.8. The first kappa shape index (κ1) is 57.1. The van der Waals surface area contributed by atoms with E-state index in [1.807, 2.05) is 6.08 Å². The molecule has 0 aliphatic carbocycles. The minimum Gasteiger partial charge on any atom is -0.462 e. The molecule has 1 saturated heterocycles. The van der Waals surface area contributed by atoms with Crippen molar-refractivity contribution in [2.45, 2.75) is 205 Å². The molecule has 1 rings (SSSR count). The number of ether oxygens (including phenoxy) is 4. The summed E-state index contributed by atoms with van der Waals surface area (Å²) in [6.45, 7) is 3.62. The number of carbonyl (C=O) groups is 2. The second kappa shape index (κ2) is 38.5. The molecule has 2 unspecified atom stereocenters. The van der Waals surface area contributed by atoms with Gasteiger partial charge in [-0.25, -0.2) is 0 Å². The molecule has 0 saturated carbocycles. The minimum atomic E-state index is -4.62. The maximum Gasteiger partial charge on any atom is 0.306 e. The summed E-state index contributed by atoms with van der Waals surface area (Å²) in [6, 6.07) is 0. The molecule has 0 amide bonds. The van der Waals surface area contributed by atoms with E-state index in [1.54, 1.807) is 0 Å². The lowest BCUT2D eigenvalue weighted by Gasteiger charge is -2.40. The van der Waals surface area contributed by atoms with Crippen LogP contribution in [0.2, 0.25) is 0 Å². The van der Waals surface area contributed by atoms with Gasteiger partial charge in [0.05, 0.1) is 6.61 Å². The first-order valence-electron chi connectivity index (χ1n) is 23.5. The van der Waals surface area contributed by atoms with Crippen molar-refractivity contribution in [3.63, 3.8) is 0 Å². The van der Waals surface area contributed by atoms with Crippen LogP contribution < -0.4 is 0 Å². The summed E-state index contributed by atoms with van der Waals surface area (Å²) in [5.41, 5.74) is 0. The Balaban J connectivity index is 2.49. The van der Waals surface area contributed by atoms with E-state index in [1.165, 1.54) is 64.2 Å². The zero-order valence-electron chi connectivity index (χ0n) is 37.9. The minimum absolute atomic E-state index is 0.115. The van der Waals surface area contributed by atoms with Gasteiger partial charge in [-0.15, -0.1) is 0 Å². The summed E-state index contributed by atoms with van der Waals surface area (Å²) < 4.78 is 54.0. The molecule has 62 heavy (non-hydrogen) atoms. The van der Waals surface area contributed by atoms with E-state index in [9.17, 15) is 37.9 Å². The Kier molecular flexibility index (Phi) is 35.5. The first-order chi connectivity index (χ1) is 30.0. The summed E-state index contributed by atoms with van der Waals surface area (Å²) in [4.78, 5) is 25.4. The van der Waals surface area contributed by atoms with E-state index in [0.717, 1.165) is 57.8 Å². The molecular formula is C49H82O12S. The van der Waals surface area contributed by atoms with Crippen molar-refractivity contribution in [2.24, 2.45) is 0 Å². The van der Waals surface area contributed by atoms with Crippen LogP contribution in [0.5, 0.6) is 0 Å². The lowest BCUT2D eigenvalue weighted by atomic mass is 10.00. The highest BCUT2D eigenvalue weighted by Gasteiger charge is 2.46. The quantitative estimate of drug-likeness (QED) is 0.0199. The van der Waals surface area contributed by atoms with E-state index in [-0.39, 0.29) is 19.4 Å². The van der Waals surface area contributed by atoms with E-state index in [2.05, 4.69) is 80.7 Å². The number of aliphatic hydroxyl groups is 3. The van der Waals surface area contributed by atoms with Gasteiger partial charge in [-0.3, -0.25) is 14.1 Å². The van der Waals surface area contributed by atoms with Crippen LogP contribution in [0.15, 0.2) is 72.9 Å². The predicted molar refractivity (Wildman–Crippen MR) is 247 cm³/mol. The average molecular weight is 895 g/mol. The van der Waals surface area contributed by atoms with E-state index >= 15 is 0 Å². The maximum atomic E-state index is 12.8. The number of rotatable bonds is 38. The second-order valence-electron chi connectivity index (χ2n) is 16.1. The van der Waals surface area contributed by atoms with E-state index < -0.39 is 71.2 Å². The monoisotopic (exact) mass is 895 g/mol. The van der Waals surface area contributed by atoms with Gasteiger partial charge < -0.3 is 34.3 Å². The van der Waals surface area contributed by atoms with Crippen LogP contribution in [0.4, 0.5) is 0 Å². The van der Waals surface area contributed by atoms with Crippen LogP contribution in [-0.2, 0) is 38.7 Å². The Labute approximate surface area is 374 Å². The van der Waals surface area contributed by atoms with Gasteiger partial charge >= 0.3 is 11.9 Å². The van der Waals surface area contributed by atoms with Gasteiger partial charge in [0, 0.05) is 12.8 Å². The average Bonchev–Trinajstić information content (AvgIpc) is 3.24. The molecule has 6 atom stereocenters. The number of allylic oxidation sites excluding steroid dienone is 12. The SMILES string of the molecule is CCC/C=C/C/C=C/C/C=C/C/C=C/CCCCCC(=O)O[C@H](COC(=O)CCC/C=C/C/C=C/CCCCCCCCCCC)CO[C@H]1O[C@H](CS(=O)(=O)O)[C@@H](O)C(O)C1O. The van der Waals surface area contributed by atoms with Crippen LogP contribution in [-0.4, -0.2) is 96.0 Å². The van der Waals surface area contributed by atoms with Gasteiger partial charge in [-0.2, -0.15) is 8.42 Å². The molecule has 0 aromatic heterocycles. The van der Waals surface area contributed by atoms with Crippen molar-refractivity contribution in [3.8, 4) is 0 Å². The zero-order valence-corrected chi connectivity index (χ0v) is 38.8. The summed E-state index contributed by atoms with van der Waals surface area (Å²) >= 11 is 0. The molecular weight excluding hydrogens is 813 g/mol. The third kappa shape index (κ3) is 32.7. The van der Waals surface area contributed by atoms with Crippen LogP contribution in [0.25, 0.3) is 0 Å². The number of unbranched alkanes of at least 4 members (excludes halogenated alkanes) is 14. The van der Waals surface area contributed by atoms with Crippen molar-refractivity contribution in [1.82, 2.24) is 0 Å². The van der Waals surface area contributed by atoms with Crippen LogP contribution in [0.3, 0.4) is 0 Å². The Bertz CT molecular complexity index is 1420. The molecule has 4 N–H and O–H groups in total. The highest BCUT2D eigenvalue weighted by atomic mass is 32.2. The highest BCUT2D eigenvalue weighted by Crippen LogP contribution is 2.24. The molecule has 1 aliphatic rings. The largest absolute Gasteiger partial charge is 0.462 e. The van der Waals surface area contributed by atoms with Crippen molar-refractivity contribution >= 4 is 22.1 Å². The van der Waals surface area contributed by atoms with Gasteiger partial charge in [-0.05, 0) is 77.0 Å². The topological polar surface area (TPSA) is 186 Å². The molecule has 0 spiro atoms. The van der Waals surface area contributed by atoms with Crippen molar-refractivity contribution in [3.05, 3.63) is 72.9 Å². The molecule has 13 heteroatoms. The van der Waals surface area contributed by atoms with Gasteiger partial charge in [0.25, 0.3) is 10.1 Å². The number of carbonyl (C=O) groups excluding carboxylic acids is 2. The molecule has 0 aromatic carbocycles. The Morgan fingerprint density at radius 1 is 0.548 bits per heavy atom. The molecule has 1 fully saturated rings. The molecule has 356 valence electrons. The fourth-order valence-corrected chi connectivity index (χ4v) is 7.28. The Hall–Kier alpha value is -2.91. The standard InChI is InChI=1S/C49H82O12S/c1-3-5-7-9-11-13-15-17-19-21-23-25-27-29-31-33-35-37-44(50)58-39-42(40-59-49-48(54)47(53)46(52)43(61-49)41-62(55,56)57)60-45(51)38-36-34-32-30-28-26-24-22-20-18-16-14-12-10-8-6-4-2/h8,10,14,16,20,22-23,25-26,28-29,31,42-43,46-49,52-54H,3-7,9,11-13,15,17-19,21,24,27,30,32-41H2,1-2H3,(H,55,56,57)/b10-8+,16-14+,22-20+,25-23+,28-26+,31-29+/t42-,43-,46-,47?,48?,49+/m1/s1. The summed E-state index contributed by atoms with van der Waals surface area (Å²) in [5.74, 6) is -2.09. The third-order valence-corrected chi connectivity index (χ3v) is 11.0. The summed E-state index contributed by atoms with van der Waals surface area (Å²) in [7, 11) is -4.62. The molecule has 12 nitrogen and oxygen atoms in total. The van der Waals surface area contributed by atoms with Crippen molar-refractivity contribution < 1.29 is 56.8 Å². The van der Waals surface area contributed by atoms with Gasteiger partial charge in [0.1, 0.15) is 36.8 Å². The fraction of sp³-hybridized carbons (Fsp3) is 0.714. The molecule has 0 radical (unpaired) electrons. The number of hydrogen-bond acceptors (Lipinski definition) is 11. The van der Waals surface area contributed by atoms with Crippen molar-refractivity contribution in [2.75, 3.05) is 19.0 Å². The zero-order chi connectivity index (χ0) is 45.5.